The molecular weight excluding hydrogens is 418 g/mol. The predicted molar refractivity (Wildman–Crippen MR) is 114 cm³/mol. The summed E-state index contributed by atoms with van der Waals surface area (Å²) in [7, 11) is 0. The van der Waals surface area contributed by atoms with E-state index in [1.54, 1.807) is 18.2 Å². The summed E-state index contributed by atoms with van der Waals surface area (Å²) < 4.78 is 10.8. The quantitative estimate of drug-likeness (QED) is 0.120. The summed E-state index contributed by atoms with van der Waals surface area (Å²) in [4.78, 5) is 23.8. The second-order valence-corrected chi connectivity index (χ2v) is 6.77. The number of hydroxylamine groups is 1. The summed E-state index contributed by atoms with van der Waals surface area (Å²) in [6.45, 7) is 3.29. The van der Waals surface area contributed by atoms with Gasteiger partial charge in [-0.25, -0.2) is 5.48 Å². The summed E-state index contributed by atoms with van der Waals surface area (Å²) >= 11 is 0. The third-order valence-corrected chi connectivity index (χ3v) is 4.26. The normalized spacial score (nSPS) is 12.4. The Hall–Kier alpha value is -3.20. The topological polar surface area (TPSA) is 153 Å². The molecule has 0 fully saturated rings. The smallest absolute Gasteiger partial charge is 0.268 e. The van der Waals surface area contributed by atoms with Crippen molar-refractivity contribution in [1.29, 1.82) is 0 Å². The van der Waals surface area contributed by atoms with E-state index in [0.717, 1.165) is 5.76 Å². The molecule has 0 saturated carbocycles. The van der Waals surface area contributed by atoms with E-state index in [4.69, 9.17) is 19.5 Å². The molecule has 0 bridgehead atoms. The number of furan rings is 1. The number of carbonyl (C=O) groups excluding carboxylic acids is 2. The highest BCUT2D eigenvalue weighted by Crippen LogP contribution is 2.08. The molecule has 1 heterocycles. The van der Waals surface area contributed by atoms with Crippen LogP contribution < -0.4 is 16.1 Å². The van der Waals surface area contributed by atoms with Crippen molar-refractivity contribution in [3.05, 3.63) is 59.0 Å². The van der Waals surface area contributed by atoms with Gasteiger partial charge in [-0.15, -0.1) is 0 Å². The van der Waals surface area contributed by atoms with Gasteiger partial charge in [0.2, 0.25) is 0 Å². The molecule has 1 aromatic heterocycles. The number of nitrogens with one attached hydrogen (secondary N) is 3. The average Bonchev–Trinajstić information content (AvgIpc) is 3.25. The molecule has 2 atom stereocenters. The highest BCUT2D eigenvalue weighted by molar-refractivity contribution is 5.97. The lowest BCUT2D eigenvalue weighted by molar-refractivity contribution is -0.133. The van der Waals surface area contributed by atoms with Crippen LogP contribution in [-0.2, 0) is 16.1 Å². The molecule has 0 unspecified atom stereocenters. The van der Waals surface area contributed by atoms with Crippen LogP contribution in [0.25, 0.3) is 0 Å². The van der Waals surface area contributed by atoms with Gasteiger partial charge in [0.25, 0.3) is 11.8 Å². The molecule has 0 aliphatic heterocycles. The Morgan fingerprint density at radius 1 is 1.12 bits per heavy atom. The molecule has 10 heteroatoms. The molecule has 0 aliphatic carbocycles. The first-order valence-electron chi connectivity index (χ1n) is 9.97. The van der Waals surface area contributed by atoms with Crippen LogP contribution in [0.3, 0.4) is 0 Å². The van der Waals surface area contributed by atoms with Crippen molar-refractivity contribution in [1.82, 2.24) is 16.1 Å². The molecule has 0 saturated heterocycles. The number of benzene rings is 1. The van der Waals surface area contributed by atoms with Crippen LogP contribution in [0.5, 0.6) is 0 Å². The van der Waals surface area contributed by atoms with Gasteiger partial charge in [0.15, 0.2) is 5.76 Å². The zero-order valence-corrected chi connectivity index (χ0v) is 17.6. The zero-order valence-electron chi connectivity index (χ0n) is 17.6. The van der Waals surface area contributed by atoms with Gasteiger partial charge in [0.1, 0.15) is 11.8 Å². The summed E-state index contributed by atoms with van der Waals surface area (Å²) in [6, 6.07) is 8.64. The number of carbonyl (C=O) groups is 2. The third kappa shape index (κ3) is 8.14. The van der Waals surface area contributed by atoms with E-state index in [-0.39, 0.29) is 12.2 Å². The molecular formula is C22H27N3O7. The molecule has 0 radical (unpaired) electrons. The van der Waals surface area contributed by atoms with Crippen LogP contribution in [0, 0.1) is 11.8 Å². The Labute approximate surface area is 185 Å². The first-order chi connectivity index (χ1) is 15.4. The fourth-order valence-corrected chi connectivity index (χ4v) is 2.60. The van der Waals surface area contributed by atoms with Crippen molar-refractivity contribution < 1.29 is 34.2 Å². The van der Waals surface area contributed by atoms with E-state index in [1.807, 2.05) is 6.07 Å². The minimum absolute atomic E-state index is 0.00292. The van der Waals surface area contributed by atoms with E-state index in [2.05, 4.69) is 22.5 Å². The Morgan fingerprint density at radius 2 is 1.88 bits per heavy atom. The SMILES string of the molecule is C[C@H](O)[C@H](NC(=O)c1ccc(C#Cc2ccc(CNCCOCCO)o2)cc1)C(=O)NO. The van der Waals surface area contributed by atoms with Crippen molar-refractivity contribution in [3.63, 3.8) is 0 Å². The molecule has 0 spiro atoms. The number of amides is 2. The number of rotatable bonds is 11. The summed E-state index contributed by atoms with van der Waals surface area (Å²) in [5.74, 6) is 5.57. The van der Waals surface area contributed by atoms with Gasteiger partial charge in [-0.05, 0) is 49.2 Å². The van der Waals surface area contributed by atoms with Crippen molar-refractivity contribution >= 4 is 11.8 Å². The van der Waals surface area contributed by atoms with Crippen LogP contribution in [-0.4, -0.2) is 65.7 Å². The largest absolute Gasteiger partial charge is 0.451 e. The molecule has 0 aliphatic rings. The Balaban J connectivity index is 1.89. The lowest BCUT2D eigenvalue weighted by Gasteiger charge is -2.19. The zero-order chi connectivity index (χ0) is 23.3. The van der Waals surface area contributed by atoms with Crippen molar-refractivity contribution in [2.24, 2.45) is 0 Å². The monoisotopic (exact) mass is 445 g/mol. The van der Waals surface area contributed by atoms with Gasteiger partial charge in [-0.3, -0.25) is 14.8 Å². The van der Waals surface area contributed by atoms with E-state index < -0.39 is 24.0 Å². The summed E-state index contributed by atoms with van der Waals surface area (Å²) in [5.41, 5.74) is 2.33. The van der Waals surface area contributed by atoms with E-state index >= 15 is 0 Å². The van der Waals surface area contributed by atoms with Gasteiger partial charge in [0.05, 0.1) is 32.5 Å². The maximum absolute atomic E-state index is 12.3. The maximum Gasteiger partial charge on any atom is 0.268 e. The average molecular weight is 445 g/mol. The van der Waals surface area contributed by atoms with Crippen LogP contribution in [0.2, 0.25) is 0 Å². The van der Waals surface area contributed by atoms with Gasteiger partial charge < -0.3 is 30.0 Å². The Bertz CT molecular complexity index is 929. The second-order valence-electron chi connectivity index (χ2n) is 6.77. The molecule has 172 valence electrons. The number of aliphatic hydroxyl groups is 2. The highest BCUT2D eigenvalue weighted by Gasteiger charge is 2.25. The van der Waals surface area contributed by atoms with Crippen molar-refractivity contribution in [2.75, 3.05) is 26.4 Å². The predicted octanol–water partition coefficient (Wildman–Crippen LogP) is -0.237. The van der Waals surface area contributed by atoms with Crippen molar-refractivity contribution in [3.8, 4) is 11.8 Å². The third-order valence-electron chi connectivity index (χ3n) is 4.26. The van der Waals surface area contributed by atoms with Crippen LogP contribution >= 0.6 is 0 Å². The summed E-state index contributed by atoms with van der Waals surface area (Å²) in [6.07, 6.45) is -1.19. The minimum Gasteiger partial charge on any atom is -0.451 e. The van der Waals surface area contributed by atoms with Crippen molar-refractivity contribution in [2.45, 2.75) is 25.6 Å². The number of hydrogen-bond donors (Lipinski definition) is 6. The van der Waals surface area contributed by atoms with Crippen LogP contribution in [0.4, 0.5) is 0 Å². The van der Waals surface area contributed by atoms with E-state index in [9.17, 15) is 14.7 Å². The van der Waals surface area contributed by atoms with Gasteiger partial charge >= 0.3 is 0 Å². The number of ether oxygens (including phenoxy) is 1. The molecule has 2 amide bonds. The molecule has 32 heavy (non-hydrogen) atoms. The fourth-order valence-electron chi connectivity index (χ4n) is 2.60. The first kappa shape index (κ1) is 25.1. The molecule has 1 aromatic carbocycles. The lowest BCUT2D eigenvalue weighted by atomic mass is 10.1. The Morgan fingerprint density at radius 3 is 2.53 bits per heavy atom. The highest BCUT2D eigenvalue weighted by atomic mass is 16.5. The Kier molecular flexibility index (Phi) is 10.4. The fraction of sp³-hybridized carbons (Fsp3) is 0.364. The maximum atomic E-state index is 12.3. The van der Waals surface area contributed by atoms with E-state index in [0.29, 0.717) is 37.6 Å². The number of hydrogen-bond acceptors (Lipinski definition) is 8. The molecule has 6 N–H and O–H groups in total. The van der Waals surface area contributed by atoms with Gasteiger partial charge in [0, 0.05) is 17.7 Å². The van der Waals surface area contributed by atoms with Gasteiger partial charge in [-0.2, -0.15) is 0 Å². The standard InChI is InChI=1S/C22H27N3O7/c1-15(27)20(22(29)25-30)24-21(28)17-5-2-16(3-6-17)4-7-18-8-9-19(32-18)14-23-10-12-31-13-11-26/h2-3,5-6,8-9,15,20,23,26-27,30H,10-14H2,1H3,(H,24,28)(H,25,29)/t15-,20-/m0/s1. The molecule has 2 rings (SSSR count). The molecule has 2 aromatic rings. The van der Waals surface area contributed by atoms with Crippen LogP contribution in [0.1, 0.15) is 34.4 Å². The number of aliphatic hydroxyl groups excluding tert-OH is 2. The van der Waals surface area contributed by atoms with E-state index in [1.165, 1.54) is 24.5 Å². The first-order valence-corrected chi connectivity index (χ1v) is 9.97. The second kappa shape index (κ2) is 13.3. The minimum atomic E-state index is -1.29. The molecule has 10 nitrogen and oxygen atoms in total. The lowest BCUT2D eigenvalue weighted by Crippen LogP contribution is -2.51. The summed E-state index contributed by atoms with van der Waals surface area (Å²) in [5, 5.41) is 32.4. The van der Waals surface area contributed by atoms with Gasteiger partial charge in [-0.1, -0.05) is 5.92 Å². The van der Waals surface area contributed by atoms with Crippen LogP contribution in [0.15, 0.2) is 40.8 Å².